The van der Waals surface area contributed by atoms with Crippen LogP contribution < -0.4 is 5.73 Å². The maximum Gasteiger partial charge on any atom is 0.121 e. The molecular formula is C11H15NO2. The Morgan fingerprint density at radius 2 is 2.21 bits per heavy atom. The first-order valence-electron chi connectivity index (χ1n) is 4.93. The van der Waals surface area contributed by atoms with Gasteiger partial charge in [0.05, 0.1) is 6.61 Å². The standard InChI is InChI=1S/C11H15NO2/c12-10-3-1-2-7-4-8(6-13)11(14)5-9(7)10/h4-5,10,13-14H,1-3,6,12H2. The van der Waals surface area contributed by atoms with Crippen LogP contribution in [0, 0.1) is 0 Å². The largest absolute Gasteiger partial charge is 0.508 e. The topological polar surface area (TPSA) is 66.5 Å². The summed E-state index contributed by atoms with van der Waals surface area (Å²) in [5, 5.41) is 18.6. The minimum atomic E-state index is -0.117. The Hall–Kier alpha value is -1.06. The fourth-order valence-corrected chi connectivity index (χ4v) is 2.06. The van der Waals surface area contributed by atoms with Gasteiger partial charge in [0, 0.05) is 11.6 Å². The number of hydrogen-bond donors (Lipinski definition) is 3. The highest BCUT2D eigenvalue weighted by Gasteiger charge is 2.18. The molecule has 1 aromatic carbocycles. The Kier molecular flexibility index (Phi) is 2.44. The quantitative estimate of drug-likeness (QED) is 0.628. The molecule has 1 aliphatic carbocycles. The molecule has 0 heterocycles. The summed E-state index contributed by atoms with van der Waals surface area (Å²) in [5.74, 6) is 0.156. The van der Waals surface area contributed by atoms with Crippen LogP contribution in [0.25, 0.3) is 0 Å². The molecule has 4 N–H and O–H groups in total. The third-order valence-electron chi connectivity index (χ3n) is 2.87. The number of phenols is 1. The highest BCUT2D eigenvalue weighted by Crippen LogP contribution is 2.32. The smallest absolute Gasteiger partial charge is 0.121 e. The van der Waals surface area contributed by atoms with Gasteiger partial charge in [-0.25, -0.2) is 0 Å². The van der Waals surface area contributed by atoms with E-state index in [9.17, 15) is 5.11 Å². The zero-order valence-corrected chi connectivity index (χ0v) is 8.03. The Morgan fingerprint density at radius 3 is 2.93 bits per heavy atom. The molecule has 1 atom stereocenters. The third-order valence-corrected chi connectivity index (χ3v) is 2.87. The lowest BCUT2D eigenvalue weighted by atomic mass is 9.87. The van der Waals surface area contributed by atoms with Crippen LogP contribution in [-0.4, -0.2) is 10.2 Å². The second-order valence-corrected chi connectivity index (χ2v) is 3.84. The molecule has 0 aromatic heterocycles. The molecule has 0 fully saturated rings. The van der Waals surface area contributed by atoms with Gasteiger partial charge in [-0.1, -0.05) is 0 Å². The summed E-state index contributed by atoms with van der Waals surface area (Å²) in [4.78, 5) is 0. The van der Waals surface area contributed by atoms with Gasteiger partial charge in [-0.3, -0.25) is 0 Å². The van der Waals surface area contributed by atoms with E-state index in [-0.39, 0.29) is 18.4 Å². The summed E-state index contributed by atoms with van der Waals surface area (Å²) in [5.41, 5.74) is 8.73. The second kappa shape index (κ2) is 3.59. The van der Waals surface area contributed by atoms with Gasteiger partial charge in [0.25, 0.3) is 0 Å². The van der Waals surface area contributed by atoms with E-state index in [4.69, 9.17) is 10.8 Å². The molecule has 2 rings (SSSR count). The molecule has 0 saturated heterocycles. The second-order valence-electron chi connectivity index (χ2n) is 3.84. The van der Waals surface area contributed by atoms with E-state index in [2.05, 4.69) is 0 Å². The molecule has 0 spiro atoms. The van der Waals surface area contributed by atoms with Crippen LogP contribution in [0.5, 0.6) is 5.75 Å². The van der Waals surface area contributed by atoms with Gasteiger partial charge in [0.15, 0.2) is 0 Å². The fourth-order valence-electron chi connectivity index (χ4n) is 2.06. The van der Waals surface area contributed by atoms with Crippen LogP contribution in [0.3, 0.4) is 0 Å². The number of aliphatic hydroxyl groups is 1. The Bertz CT molecular complexity index is 349. The van der Waals surface area contributed by atoms with Gasteiger partial charge in [-0.05, 0) is 42.5 Å². The first-order valence-corrected chi connectivity index (χ1v) is 4.93. The van der Waals surface area contributed by atoms with Crippen molar-refractivity contribution in [2.24, 2.45) is 5.73 Å². The molecule has 0 radical (unpaired) electrons. The first kappa shape index (κ1) is 9.49. The van der Waals surface area contributed by atoms with Crippen LogP contribution in [0.2, 0.25) is 0 Å². The number of rotatable bonds is 1. The molecule has 3 heteroatoms. The van der Waals surface area contributed by atoms with E-state index < -0.39 is 0 Å². The summed E-state index contributed by atoms with van der Waals surface area (Å²) in [6.45, 7) is -0.117. The van der Waals surface area contributed by atoms with Gasteiger partial charge in [-0.2, -0.15) is 0 Å². The van der Waals surface area contributed by atoms with E-state index >= 15 is 0 Å². The van der Waals surface area contributed by atoms with E-state index in [1.54, 1.807) is 6.07 Å². The third kappa shape index (κ3) is 1.49. The molecule has 0 aliphatic heterocycles. The summed E-state index contributed by atoms with van der Waals surface area (Å²) in [7, 11) is 0. The maximum absolute atomic E-state index is 9.57. The molecule has 0 bridgehead atoms. The van der Waals surface area contributed by atoms with Gasteiger partial charge in [0.2, 0.25) is 0 Å². The number of hydrogen-bond acceptors (Lipinski definition) is 3. The molecule has 1 aliphatic rings. The van der Waals surface area contributed by atoms with Crippen molar-refractivity contribution >= 4 is 0 Å². The fraction of sp³-hybridized carbons (Fsp3) is 0.455. The van der Waals surface area contributed by atoms with Crippen molar-refractivity contribution in [3.63, 3.8) is 0 Å². The van der Waals surface area contributed by atoms with E-state index in [1.165, 1.54) is 5.56 Å². The molecule has 14 heavy (non-hydrogen) atoms. The van der Waals surface area contributed by atoms with E-state index in [0.29, 0.717) is 5.56 Å². The summed E-state index contributed by atoms with van der Waals surface area (Å²) >= 11 is 0. The lowest BCUT2D eigenvalue weighted by Gasteiger charge is -2.23. The van der Waals surface area contributed by atoms with Crippen molar-refractivity contribution in [2.75, 3.05) is 0 Å². The minimum absolute atomic E-state index is 0.0393. The van der Waals surface area contributed by atoms with Gasteiger partial charge < -0.3 is 15.9 Å². The van der Waals surface area contributed by atoms with Crippen molar-refractivity contribution in [1.82, 2.24) is 0 Å². The molecule has 0 amide bonds. The number of aliphatic hydroxyl groups excluding tert-OH is 1. The summed E-state index contributed by atoms with van der Waals surface area (Å²) in [6, 6.07) is 3.60. The maximum atomic E-state index is 9.57. The lowest BCUT2D eigenvalue weighted by molar-refractivity contribution is 0.275. The Balaban J connectivity index is 2.48. The monoisotopic (exact) mass is 193 g/mol. The average molecular weight is 193 g/mol. The van der Waals surface area contributed by atoms with Crippen LogP contribution in [0.15, 0.2) is 12.1 Å². The van der Waals surface area contributed by atoms with Gasteiger partial charge in [-0.15, -0.1) is 0 Å². The zero-order valence-electron chi connectivity index (χ0n) is 8.03. The molecule has 1 unspecified atom stereocenters. The van der Waals surface area contributed by atoms with Gasteiger partial charge >= 0.3 is 0 Å². The highest BCUT2D eigenvalue weighted by molar-refractivity contribution is 5.44. The number of aromatic hydroxyl groups is 1. The molecular weight excluding hydrogens is 178 g/mol. The van der Waals surface area contributed by atoms with Crippen LogP contribution >= 0.6 is 0 Å². The van der Waals surface area contributed by atoms with Crippen molar-refractivity contribution in [1.29, 1.82) is 0 Å². The first-order chi connectivity index (χ1) is 6.72. The van der Waals surface area contributed by atoms with E-state index in [0.717, 1.165) is 24.8 Å². The van der Waals surface area contributed by atoms with Crippen molar-refractivity contribution in [3.05, 3.63) is 28.8 Å². The molecule has 76 valence electrons. The SMILES string of the molecule is NC1CCCc2cc(CO)c(O)cc21. The van der Waals surface area contributed by atoms with Crippen LogP contribution in [-0.2, 0) is 13.0 Å². The van der Waals surface area contributed by atoms with Crippen LogP contribution in [0.1, 0.15) is 35.6 Å². The highest BCUT2D eigenvalue weighted by atomic mass is 16.3. The number of aryl methyl sites for hydroxylation is 1. The van der Waals surface area contributed by atoms with Crippen molar-refractivity contribution in [2.45, 2.75) is 31.9 Å². The molecule has 1 aromatic rings. The Morgan fingerprint density at radius 1 is 1.43 bits per heavy atom. The molecule has 3 nitrogen and oxygen atoms in total. The van der Waals surface area contributed by atoms with Gasteiger partial charge in [0.1, 0.15) is 5.75 Å². The summed E-state index contributed by atoms with van der Waals surface area (Å²) < 4.78 is 0. The number of nitrogens with two attached hydrogens (primary N) is 1. The van der Waals surface area contributed by atoms with Crippen LogP contribution in [0.4, 0.5) is 0 Å². The van der Waals surface area contributed by atoms with Crippen molar-refractivity contribution in [3.8, 4) is 5.75 Å². The van der Waals surface area contributed by atoms with E-state index in [1.807, 2.05) is 6.07 Å². The number of fused-ring (bicyclic) bond motifs is 1. The predicted molar refractivity (Wildman–Crippen MR) is 53.9 cm³/mol. The number of benzene rings is 1. The average Bonchev–Trinajstić information content (AvgIpc) is 2.19. The Labute approximate surface area is 83.2 Å². The minimum Gasteiger partial charge on any atom is -0.508 e. The normalized spacial score (nSPS) is 20.6. The van der Waals surface area contributed by atoms with Crippen molar-refractivity contribution < 1.29 is 10.2 Å². The molecule has 0 saturated carbocycles. The summed E-state index contributed by atoms with van der Waals surface area (Å²) in [6.07, 6.45) is 3.06. The zero-order chi connectivity index (χ0) is 10.1. The predicted octanol–water partition coefficient (Wildman–Crippen LogP) is 1.22. The lowest BCUT2D eigenvalue weighted by Crippen LogP contribution is -2.17.